The number of aromatic nitrogens is 1. The zero-order chi connectivity index (χ0) is 13.8. The Morgan fingerprint density at radius 3 is 2.90 bits per heavy atom. The number of nitrogens with zero attached hydrogens (tertiary/aromatic N) is 1. The third-order valence-electron chi connectivity index (χ3n) is 4.51. The fraction of sp³-hybridized carbons (Fsp3) is 0.471. The molecule has 3 heteroatoms. The first-order valence-corrected chi connectivity index (χ1v) is 7.52. The lowest BCUT2D eigenvalue weighted by atomic mass is 9.97. The minimum Gasteiger partial charge on any atom is -0.396 e. The van der Waals surface area contributed by atoms with Crippen LogP contribution in [0.1, 0.15) is 24.8 Å². The number of pyridine rings is 1. The molecule has 3 rings (SSSR count). The first kappa shape index (κ1) is 13.5. The molecule has 0 saturated heterocycles. The molecule has 0 amide bonds. The van der Waals surface area contributed by atoms with Gasteiger partial charge in [-0.15, -0.1) is 0 Å². The predicted octanol–water partition coefficient (Wildman–Crippen LogP) is 2.73. The summed E-state index contributed by atoms with van der Waals surface area (Å²) in [5, 5.41) is 14.1. The third kappa shape index (κ3) is 2.84. The van der Waals surface area contributed by atoms with Crippen LogP contribution in [-0.2, 0) is 6.54 Å². The van der Waals surface area contributed by atoms with Gasteiger partial charge in [-0.1, -0.05) is 24.6 Å². The number of aliphatic hydroxyl groups excluding tert-OH is 1. The smallest absolute Gasteiger partial charge is 0.0705 e. The molecule has 1 heterocycles. The minimum absolute atomic E-state index is 0.338. The number of rotatable bonds is 5. The van der Waals surface area contributed by atoms with Gasteiger partial charge in [-0.2, -0.15) is 0 Å². The Kier molecular flexibility index (Phi) is 4.28. The van der Waals surface area contributed by atoms with E-state index in [2.05, 4.69) is 34.6 Å². The average Bonchev–Trinajstić information content (AvgIpc) is 2.95. The molecule has 1 saturated carbocycles. The van der Waals surface area contributed by atoms with E-state index in [0.717, 1.165) is 18.6 Å². The van der Waals surface area contributed by atoms with Gasteiger partial charge in [-0.3, -0.25) is 4.98 Å². The topological polar surface area (TPSA) is 45.1 Å². The van der Waals surface area contributed by atoms with Crippen molar-refractivity contribution in [3.8, 4) is 0 Å². The van der Waals surface area contributed by atoms with Crippen molar-refractivity contribution in [3.05, 3.63) is 42.1 Å². The summed E-state index contributed by atoms with van der Waals surface area (Å²) in [4.78, 5) is 4.39. The van der Waals surface area contributed by atoms with E-state index < -0.39 is 0 Å². The molecule has 106 valence electrons. The zero-order valence-corrected chi connectivity index (χ0v) is 11.8. The Hall–Kier alpha value is -1.45. The van der Waals surface area contributed by atoms with Crippen molar-refractivity contribution in [1.29, 1.82) is 0 Å². The van der Waals surface area contributed by atoms with Crippen molar-refractivity contribution < 1.29 is 5.11 Å². The van der Waals surface area contributed by atoms with E-state index in [1.807, 2.05) is 12.3 Å². The number of nitrogens with one attached hydrogen (secondary N) is 1. The Labute approximate surface area is 120 Å². The van der Waals surface area contributed by atoms with E-state index >= 15 is 0 Å². The van der Waals surface area contributed by atoms with Gasteiger partial charge in [-0.25, -0.2) is 0 Å². The summed E-state index contributed by atoms with van der Waals surface area (Å²) in [6.07, 6.45) is 5.57. The van der Waals surface area contributed by atoms with E-state index in [1.54, 1.807) is 0 Å². The van der Waals surface area contributed by atoms with Crippen molar-refractivity contribution >= 4 is 10.9 Å². The Morgan fingerprint density at radius 2 is 2.00 bits per heavy atom. The lowest BCUT2D eigenvalue weighted by molar-refractivity contribution is 0.192. The van der Waals surface area contributed by atoms with E-state index in [-0.39, 0.29) is 0 Å². The van der Waals surface area contributed by atoms with Crippen molar-refractivity contribution in [3.63, 3.8) is 0 Å². The van der Waals surface area contributed by atoms with Crippen molar-refractivity contribution in [2.75, 3.05) is 13.2 Å². The number of fused-ring (bicyclic) bond motifs is 1. The van der Waals surface area contributed by atoms with Gasteiger partial charge in [0.05, 0.1) is 5.52 Å². The van der Waals surface area contributed by atoms with Gasteiger partial charge in [0.15, 0.2) is 0 Å². The van der Waals surface area contributed by atoms with Gasteiger partial charge in [0.1, 0.15) is 0 Å². The van der Waals surface area contributed by atoms with Crippen LogP contribution in [-0.4, -0.2) is 23.2 Å². The van der Waals surface area contributed by atoms with Gasteiger partial charge in [-0.05, 0) is 48.9 Å². The maximum Gasteiger partial charge on any atom is 0.0705 e. The second-order valence-corrected chi connectivity index (χ2v) is 5.75. The Balaban J connectivity index is 1.63. The number of benzene rings is 1. The van der Waals surface area contributed by atoms with Crippen LogP contribution in [0.25, 0.3) is 10.9 Å². The summed E-state index contributed by atoms with van der Waals surface area (Å²) in [5.74, 6) is 1.13. The fourth-order valence-corrected chi connectivity index (χ4v) is 3.32. The third-order valence-corrected chi connectivity index (χ3v) is 4.51. The monoisotopic (exact) mass is 270 g/mol. The van der Waals surface area contributed by atoms with Crippen molar-refractivity contribution in [2.24, 2.45) is 11.8 Å². The fourth-order valence-electron chi connectivity index (χ4n) is 3.32. The molecule has 1 aromatic carbocycles. The second kappa shape index (κ2) is 6.33. The first-order valence-electron chi connectivity index (χ1n) is 7.52. The molecule has 1 aliphatic rings. The van der Waals surface area contributed by atoms with E-state index in [0.29, 0.717) is 18.4 Å². The molecule has 2 atom stereocenters. The van der Waals surface area contributed by atoms with Gasteiger partial charge in [0.25, 0.3) is 0 Å². The largest absolute Gasteiger partial charge is 0.396 e. The quantitative estimate of drug-likeness (QED) is 0.878. The van der Waals surface area contributed by atoms with Crippen molar-refractivity contribution in [1.82, 2.24) is 10.3 Å². The normalized spacial score (nSPS) is 22.4. The minimum atomic E-state index is 0.338. The molecule has 3 nitrogen and oxygen atoms in total. The lowest BCUT2D eigenvalue weighted by Crippen LogP contribution is -2.26. The highest BCUT2D eigenvalue weighted by molar-refractivity contribution is 5.81. The van der Waals surface area contributed by atoms with Crippen molar-refractivity contribution in [2.45, 2.75) is 25.8 Å². The summed E-state index contributed by atoms with van der Waals surface area (Å²) in [6.45, 7) is 2.21. The molecule has 1 aromatic heterocycles. The molecule has 2 unspecified atom stereocenters. The number of hydrogen-bond acceptors (Lipinski definition) is 3. The molecule has 0 radical (unpaired) electrons. The van der Waals surface area contributed by atoms with E-state index in [9.17, 15) is 5.11 Å². The maximum atomic E-state index is 9.36. The summed E-state index contributed by atoms with van der Waals surface area (Å²) in [6, 6.07) is 10.4. The average molecular weight is 270 g/mol. The molecule has 1 fully saturated rings. The SMILES string of the molecule is OCC1CCCC1CNCc1ccnc2ccccc12. The number of para-hydroxylation sites is 1. The second-order valence-electron chi connectivity index (χ2n) is 5.75. The molecule has 1 aliphatic carbocycles. The number of aliphatic hydroxyl groups is 1. The summed E-state index contributed by atoms with van der Waals surface area (Å²) in [5.41, 5.74) is 2.36. The molecule has 2 N–H and O–H groups in total. The van der Waals surface area contributed by atoms with Crippen LogP contribution >= 0.6 is 0 Å². The Morgan fingerprint density at radius 1 is 1.15 bits per heavy atom. The van der Waals surface area contributed by atoms with Crippen LogP contribution in [0.4, 0.5) is 0 Å². The van der Waals surface area contributed by atoms with Crippen LogP contribution < -0.4 is 5.32 Å². The van der Waals surface area contributed by atoms with Crippen LogP contribution in [0.3, 0.4) is 0 Å². The summed E-state index contributed by atoms with van der Waals surface area (Å²) in [7, 11) is 0. The van der Waals surface area contributed by atoms with Crippen LogP contribution in [0.2, 0.25) is 0 Å². The van der Waals surface area contributed by atoms with Crippen LogP contribution in [0.15, 0.2) is 36.5 Å². The highest BCUT2D eigenvalue weighted by atomic mass is 16.3. The van der Waals surface area contributed by atoms with E-state index in [1.165, 1.54) is 30.2 Å². The molecule has 0 spiro atoms. The van der Waals surface area contributed by atoms with Gasteiger partial charge in [0, 0.05) is 24.7 Å². The molecule has 2 aromatic rings. The lowest BCUT2D eigenvalue weighted by Gasteiger charge is -2.18. The predicted molar refractivity (Wildman–Crippen MR) is 81.4 cm³/mol. The first-order chi connectivity index (χ1) is 9.88. The molecule has 0 aliphatic heterocycles. The standard InChI is InChI=1S/C17H22N2O/c20-12-15-5-3-4-13(15)10-18-11-14-8-9-19-17-7-2-1-6-16(14)17/h1-2,6-9,13,15,18,20H,3-5,10-12H2. The highest BCUT2D eigenvalue weighted by Gasteiger charge is 2.25. The molecular weight excluding hydrogens is 248 g/mol. The van der Waals surface area contributed by atoms with Gasteiger partial charge >= 0.3 is 0 Å². The number of hydrogen-bond donors (Lipinski definition) is 2. The van der Waals surface area contributed by atoms with Crippen LogP contribution in [0, 0.1) is 11.8 Å². The maximum absolute atomic E-state index is 9.36. The Bertz CT molecular complexity index is 564. The van der Waals surface area contributed by atoms with E-state index in [4.69, 9.17) is 0 Å². The van der Waals surface area contributed by atoms with Gasteiger partial charge < -0.3 is 10.4 Å². The zero-order valence-electron chi connectivity index (χ0n) is 11.8. The summed E-state index contributed by atoms with van der Waals surface area (Å²) < 4.78 is 0. The highest BCUT2D eigenvalue weighted by Crippen LogP contribution is 2.30. The summed E-state index contributed by atoms with van der Waals surface area (Å²) >= 11 is 0. The van der Waals surface area contributed by atoms with Crippen LogP contribution in [0.5, 0.6) is 0 Å². The molecule has 20 heavy (non-hydrogen) atoms. The molecular formula is C17H22N2O. The van der Waals surface area contributed by atoms with Gasteiger partial charge in [0.2, 0.25) is 0 Å². The molecule has 0 bridgehead atoms.